The van der Waals surface area contributed by atoms with E-state index >= 15 is 0 Å². The molecule has 3 aromatic rings. The first-order chi connectivity index (χ1) is 9.02. The van der Waals surface area contributed by atoms with Crippen LogP contribution in [0.3, 0.4) is 0 Å². The molecule has 0 aliphatic carbocycles. The molecule has 0 amide bonds. The minimum atomic E-state index is -1.25. The lowest BCUT2D eigenvalue weighted by atomic mass is 10.1. The largest absolute Gasteiger partial charge is 0.341 e. The van der Waals surface area contributed by atoms with Crippen LogP contribution in [-0.2, 0) is 6.54 Å². The van der Waals surface area contributed by atoms with Crippen LogP contribution in [0.15, 0.2) is 42.5 Å². The average molecular weight is 267 g/mol. The molecule has 0 saturated carbocycles. The topological polar surface area (TPSA) is 4.93 Å². The van der Waals surface area contributed by atoms with Gasteiger partial charge in [0.1, 0.15) is 0 Å². The van der Waals surface area contributed by atoms with Gasteiger partial charge in [0.05, 0.1) is 8.07 Å². The van der Waals surface area contributed by atoms with Crippen molar-refractivity contribution < 1.29 is 0 Å². The third-order valence-corrected chi connectivity index (χ3v) is 6.00. The Morgan fingerprint density at radius 2 is 1.58 bits per heavy atom. The van der Waals surface area contributed by atoms with Crippen LogP contribution >= 0.6 is 0 Å². The molecule has 0 aliphatic heterocycles. The van der Waals surface area contributed by atoms with E-state index < -0.39 is 8.07 Å². The Morgan fingerprint density at radius 1 is 0.895 bits per heavy atom. The third-order valence-electron chi connectivity index (χ3n) is 3.96. The molecule has 0 radical (unpaired) electrons. The summed E-state index contributed by atoms with van der Waals surface area (Å²) in [6, 6.07) is 15.8. The Hall–Kier alpha value is -1.54. The van der Waals surface area contributed by atoms with E-state index in [1.54, 1.807) is 0 Å². The van der Waals surface area contributed by atoms with Crippen molar-refractivity contribution in [2.24, 2.45) is 0 Å². The smallest absolute Gasteiger partial charge is 0.0776 e. The number of aryl methyl sites for hydroxylation is 1. The highest BCUT2D eigenvalue weighted by Gasteiger charge is 2.18. The molecule has 0 unspecified atom stereocenters. The Morgan fingerprint density at radius 3 is 2.26 bits per heavy atom. The second kappa shape index (κ2) is 4.24. The minimum Gasteiger partial charge on any atom is -0.341 e. The van der Waals surface area contributed by atoms with E-state index in [1.807, 2.05) is 0 Å². The van der Waals surface area contributed by atoms with Gasteiger partial charge in [-0.1, -0.05) is 55.2 Å². The first-order valence-electron chi connectivity index (χ1n) is 7.04. The Balaban J connectivity index is 2.43. The number of benzene rings is 2. The van der Waals surface area contributed by atoms with Crippen molar-refractivity contribution in [3.05, 3.63) is 42.5 Å². The number of hydrogen-bond acceptors (Lipinski definition) is 0. The normalized spacial score (nSPS) is 12.4. The van der Waals surface area contributed by atoms with Crippen molar-refractivity contribution in [1.29, 1.82) is 0 Å². The van der Waals surface area contributed by atoms with Crippen LogP contribution in [0, 0.1) is 0 Å². The predicted octanol–water partition coefficient (Wildman–Crippen LogP) is 4.36. The van der Waals surface area contributed by atoms with Crippen molar-refractivity contribution >= 4 is 35.1 Å². The van der Waals surface area contributed by atoms with Crippen LogP contribution in [0.4, 0.5) is 0 Å². The highest BCUT2D eigenvalue weighted by atomic mass is 28.3. The molecule has 19 heavy (non-hydrogen) atoms. The highest BCUT2D eigenvalue weighted by Crippen LogP contribution is 2.28. The van der Waals surface area contributed by atoms with Crippen LogP contribution in [0.2, 0.25) is 19.6 Å². The lowest BCUT2D eigenvalue weighted by molar-refractivity contribution is 0.827. The molecule has 0 fully saturated rings. The molecule has 1 aromatic heterocycles. The monoisotopic (exact) mass is 267 g/mol. The Bertz CT molecular complexity index is 747. The molecule has 1 heterocycles. The fraction of sp³-hybridized carbons (Fsp3) is 0.294. The first kappa shape index (κ1) is 12.5. The Labute approximate surface area is 115 Å². The maximum atomic E-state index is 2.44. The summed E-state index contributed by atoms with van der Waals surface area (Å²) in [7, 11) is -1.25. The van der Waals surface area contributed by atoms with E-state index in [0.29, 0.717) is 0 Å². The molecule has 0 aliphatic rings. The highest BCUT2D eigenvalue weighted by molar-refractivity contribution is 6.88. The molecular formula is C17H21NSi. The van der Waals surface area contributed by atoms with E-state index in [4.69, 9.17) is 0 Å². The van der Waals surface area contributed by atoms with E-state index in [1.165, 1.54) is 27.0 Å². The molecule has 2 aromatic carbocycles. The lowest BCUT2D eigenvalue weighted by Gasteiger charge is -2.17. The molecule has 0 atom stereocenters. The van der Waals surface area contributed by atoms with Gasteiger partial charge in [0, 0.05) is 28.4 Å². The molecule has 0 saturated heterocycles. The van der Waals surface area contributed by atoms with E-state index in [2.05, 4.69) is 73.6 Å². The fourth-order valence-electron chi connectivity index (χ4n) is 2.86. The zero-order valence-corrected chi connectivity index (χ0v) is 13.2. The maximum absolute atomic E-state index is 2.44. The van der Waals surface area contributed by atoms with Crippen molar-refractivity contribution in [1.82, 2.24) is 4.57 Å². The number of hydrogen-bond donors (Lipinski definition) is 0. The van der Waals surface area contributed by atoms with Crippen molar-refractivity contribution in [3.8, 4) is 0 Å². The van der Waals surface area contributed by atoms with Crippen LogP contribution in [0.25, 0.3) is 21.8 Å². The fourth-order valence-corrected chi connectivity index (χ4v) is 4.01. The third kappa shape index (κ3) is 1.91. The summed E-state index contributed by atoms with van der Waals surface area (Å²) in [4.78, 5) is 0. The number of fused-ring (bicyclic) bond motifs is 3. The van der Waals surface area contributed by atoms with Crippen molar-refractivity contribution in [2.45, 2.75) is 33.1 Å². The zero-order valence-electron chi connectivity index (χ0n) is 12.2. The summed E-state index contributed by atoms with van der Waals surface area (Å²) in [6.45, 7) is 10.5. The SMILES string of the molecule is CCn1c2ccccc2c2ccc([Si](C)(C)C)cc21. The lowest BCUT2D eigenvalue weighted by Crippen LogP contribution is -2.37. The van der Waals surface area contributed by atoms with Gasteiger partial charge in [0.25, 0.3) is 0 Å². The average Bonchev–Trinajstić information content (AvgIpc) is 2.70. The molecule has 2 heteroatoms. The number of aromatic nitrogens is 1. The molecule has 0 spiro atoms. The minimum absolute atomic E-state index is 1.03. The molecule has 3 rings (SSSR count). The predicted molar refractivity (Wildman–Crippen MR) is 88.1 cm³/mol. The second-order valence-electron chi connectivity index (χ2n) is 6.24. The second-order valence-corrected chi connectivity index (χ2v) is 11.3. The van der Waals surface area contributed by atoms with Crippen molar-refractivity contribution in [3.63, 3.8) is 0 Å². The van der Waals surface area contributed by atoms with Gasteiger partial charge in [-0.05, 0) is 19.1 Å². The Kier molecular flexibility index (Phi) is 2.79. The van der Waals surface area contributed by atoms with Gasteiger partial charge in [-0.15, -0.1) is 0 Å². The van der Waals surface area contributed by atoms with E-state index in [0.717, 1.165) is 6.54 Å². The number of nitrogens with zero attached hydrogens (tertiary/aromatic N) is 1. The van der Waals surface area contributed by atoms with Crippen LogP contribution < -0.4 is 5.19 Å². The summed E-state index contributed by atoms with van der Waals surface area (Å²) in [6.07, 6.45) is 0. The van der Waals surface area contributed by atoms with Crippen LogP contribution in [0.1, 0.15) is 6.92 Å². The quantitative estimate of drug-likeness (QED) is 0.608. The summed E-state index contributed by atoms with van der Waals surface area (Å²) >= 11 is 0. The number of para-hydroxylation sites is 1. The summed E-state index contributed by atoms with van der Waals surface area (Å²) < 4.78 is 2.44. The van der Waals surface area contributed by atoms with Crippen LogP contribution in [0.5, 0.6) is 0 Å². The molecule has 0 bridgehead atoms. The number of rotatable bonds is 2. The van der Waals surface area contributed by atoms with Crippen molar-refractivity contribution in [2.75, 3.05) is 0 Å². The molecule has 98 valence electrons. The maximum Gasteiger partial charge on any atom is 0.0776 e. The van der Waals surface area contributed by atoms with Gasteiger partial charge in [0.2, 0.25) is 0 Å². The van der Waals surface area contributed by atoms with Gasteiger partial charge in [-0.3, -0.25) is 0 Å². The summed E-state index contributed by atoms with van der Waals surface area (Å²) in [5.74, 6) is 0. The molecular weight excluding hydrogens is 246 g/mol. The summed E-state index contributed by atoms with van der Waals surface area (Å²) in [5, 5.41) is 4.30. The summed E-state index contributed by atoms with van der Waals surface area (Å²) in [5.41, 5.74) is 2.75. The standard InChI is InChI=1S/C17H21NSi/c1-5-18-16-9-7-6-8-14(16)15-11-10-13(12-17(15)18)19(2,3)4/h6-12H,5H2,1-4H3. The van der Waals surface area contributed by atoms with Gasteiger partial charge in [0.15, 0.2) is 0 Å². The van der Waals surface area contributed by atoms with E-state index in [-0.39, 0.29) is 0 Å². The van der Waals surface area contributed by atoms with E-state index in [9.17, 15) is 0 Å². The van der Waals surface area contributed by atoms with Gasteiger partial charge >= 0.3 is 0 Å². The van der Waals surface area contributed by atoms with Gasteiger partial charge < -0.3 is 4.57 Å². The molecule has 1 nitrogen and oxygen atoms in total. The zero-order chi connectivity index (χ0) is 13.6. The van der Waals surface area contributed by atoms with Gasteiger partial charge in [-0.2, -0.15) is 0 Å². The first-order valence-corrected chi connectivity index (χ1v) is 10.5. The van der Waals surface area contributed by atoms with Crippen LogP contribution in [-0.4, -0.2) is 12.6 Å². The molecule has 0 N–H and O–H groups in total. The van der Waals surface area contributed by atoms with Gasteiger partial charge in [-0.25, -0.2) is 0 Å².